The van der Waals surface area contributed by atoms with Gasteiger partial charge in [-0.3, -0.25) is 4.18 Å². The van der Waals surface area contributed by atoms with Crippen LogP contribution in [0.4, 0.5) is 13.2 Å². The molecule has 0 fully saturated rings. The first-order valence-electron chi connectivity index (χ1n) is 5.67. The van der Waals surface area contributed by atoms with E-state index >= 15 is 0 Å². The molecule has 8 heteroatoms. The van der Waals surface area contributed by atoms with Crippen molar-refractivity contribution in [3.05, 3.63) is 24.3 Å². The Balaban J connectivity index is 3.14. The fourth-order valence-corrected chi connectivity index (χ4v) is 4.05. The maximum Gasteiger partial charge on any atom is 0.523 e. The Morgan fingerprint density at radius 1 is 1.21 bits per heavy atom. The lowest BCUT2D eigenvalue weighted by Gasteiger charge is -2.43. The van der Waals surface area contributed by atoms with Crippen LogP contribution in [-0.2, 0) is 14.3 Å². The van der Waals surface area contributed by atoms with E-state index in [4.69, 9.17) is 0 Å². The number of rotatable bonds is 3. The molecule has 1 rings (SSSR count). The van der Waals surface area contributed by atoms with Crippen LogP contribution < -0.4 is 0 Å². The third-order valence-corrected chi connectivity index (χ3v) is 8.27. The molecular weight excluding hydrogens is 297 g/mol. The molecule has 2 unspecified atom stereocenters. The van der Waals surface area contributed by atoms with Gasteiger partial charge in [-0.2, -0.15) is 21.6 Å². The van der Waals surface area contributed by atoms with Crippen molar-refractivity contribution in [2.45, 2.75) is 43.2 Å². The first-order valence-corrected chi connectivity index (χ1v) is 10.6. The monoisotopic (exact) mass is 314 g/mol. The normalized spacial score (nSPS) is 28.7. The van der Waals surface area contributed by atoms with Gasteiger partial charge >= 0.3 is 15.6 Å². The highest BCUT2D eigenvalue weighted by Crippen LogP contribution is 2.47. The van der Waals surface area contributed by atoms with Gasteiger partial charge in [0.15, 0.2) is 0 Å². The second-order valence-corrected chi connectivity index (χ2v) is 12.8. The Bertz CT molecular complexity index is 502. The van der Waals surface area contributed by atoms with Gasteiger partial charge in [0, 0.05) is 5.04 Å². The highest BCUT2D eigenvalue weighted by atomic mass is 32.2. The molecule has 0 aromatic rings. The molecule has 0 N–H and O–H groups in total. The minimum atomic E-state index is -5.59. The number of hydrogen-bond acceptors (Lipinski definition) is 3. The third kappa shape index (κ3) is 3.11. The Morgan fingerprint density at radius 2 is 1.74 bits per heavy atom. The Morgan fingerprint density at radius 3 is 2.16 bits per heavy atom. The third-order valence-electron chi connectivity index (χ3n) is 3.56. The van der Waals surface area contributed by atoms with Crippen molar-refractivity contribution in [3.63, 3.8) is 0 Å². The summed E-state index contributed by atoms with van der Waals surface area (Å²) < 4.78 is 63.9. The zero-order valence-corrected chi connectivity index (χ0v) is 13.0. The van der Waals surface area contributed by atoms with E-state index in [1.807, 2.05) is 19.6 Å². The van der Waals surface area contributed by atoms with Crippen molar-refractivity contribution >= 4 is 18.2 Å². The maximum absolute atomic E-state index is 12.4. The lowest BCUT2D eigenvalue weighted by Crippen LogP contribution is -2.47. The molecule has 0 heterocycles. The molecule has 0 saturated heterocycles. The van der Waals surface area contributed by atoms with Crippen LogP contribution in [0, 0.1) is 0 Å². The molecule has 0 aliphatic heterocycles. The number of hydrogen-bond donors (Lipinski definition) is 0. The van der Waals surface area contributed by atoms with Crippen LogP contribution in [0.1, 0.15) is 6.92 Å². The number of allylic oxidation sites excluding steroid dienone is 2. The van der Waals surface area contributed by atoms with Gasteiger partial charge in [0.1, 0.15) is 6.10 Å². The van der Waals surface area contributed by atoms with E-state index in [1.165, 1.54) is 12.2 Å². The molecule has 0 spiro atoms. The van der Waals surface area contributed by atoms with Gasteiger partial charge in [0.2, 0.25) is 0 Å². The molecule has 0 amide bonds. The van der Waals surface area contributed by atoms with E-state index in [2.05, 4.69) is 4.18 Å². The van der Waals surface area contributed by atoms with Crippen LogP contribution in [0.5, 0.6) is 0 Å². The summed E-state index contributed by atoms with van der Waals surface area (Å²) in [7, 11) is -7.59. The van der Waals surface area contributed by atoms with Crippen LogP contribution in [0.25, 0.3) is 0 Å². The van der Waals surface area contributed by atoms with Gasteiger partial charge in [-0.05, 0) is 0 Å². The van der Waals surface area contributed by atoms with Crippen LogP contribution in [0.3, 0.4) is 0 Å². The quantitative estimate of drug-likeness (QED) is 0.455. The first kappa shape index (κ1) is 16.5. The largest absolute Gasteiger partial charge is 0.523 e. The van der Waals surface area contributed by atoms with Gasteiger partial charge in [-0.15, -0.1) is 0 Å². The minimum absolute atomic E-state index is 0.722. The summed E-state index contributed by atoms with van der Waals surface area (Å²) in [5.41, 5.74) is -5.40. The van der Waals surface area contributed by atoms with Crippen LogP contribution in [0.15, 0.2) is 24.3 Å². The summed E-state index contributed by atoms with van der Waals surface area (Å²) in [4.78, 5) is 0. The number of halogens is 3. The molecule has 0 bridgehead atoms. The molecule has 19 heavy (non-hydrogen) atoms. The Hall–Kier alpha value is -0.603. The fourth-order valence-electron chi connectivity index (χ4n) is 1.72. The maximum atomic E-state index is 12.4. The summed E-state index contributed by atoms with van der Waals surface area (Å²) in [6.07, 6.45) is 5.17. The van der Waals surface area contributed by atoms with Gasteiger partial charge in [0.05, 0.1) is 8.07 Å². The van der Waals surface area contributed by atoms with Gasteiger partial charge < -0.3 is 0 Å². The summed E-state index contributed by atoms with van der Waals surface area (Å²) in [5, 5.41) is -0.722. The minimum Gasteiger partial charge on any atom is -0.255 e. The van der Waals surface area contributed by atoms with Crippen molar-refractivity contribution in [2.24, 2.45) is 0 Å². The molecule has 3 nitrogen and oxygen atoms in total. The van der Waals surface area contributed by atoms with Gasteiger partial charge in [-0.25, -0.2) is 0 Å². The highest BCUT2D eigenvalue weighted by molar-refractivity contribution is 7.87. The van der Waals surface area contributed by atoms with E-state index in [9.17, 15) is 21.6 Å². The van der Waals surface area contributed by atoms with Crippen molar-refractivity contribution in [1.29, 1.82) is 0 Å². The van der Waals surface area contributed by atoms with E-state index in [1.54, 1.807) is 19.1 Å². The summed E-state index contributed by atoms with van der Waals surface area (Å²) in [6, 6.07) is 0. The molecular formula is C11H17F3O3SSi. The van der Waals surface area contributed by atoms with E-state index < -0.39 is 34.8 Å². The Labute approximate surface area is 112 Å². The van der Waals surface area contributed by atoms with Crippen molar-refractivity contribution in [3.8, 4) is 0 Å². The topological polar surface area (TPSA) is 43.4 Å². The SMILES string of the molecule is CC1([Si](C)(C)C)C=CC=CC1OS(=O)(=O)C(F)(F)F. The molecule has 0 aromatic carbocycles. The predicted molar refractivity (Wildman–Crippen MR) is 69.8 cm³/mol. The molecule has 1 aliphatic rings. The predicted octanol–water partition coefficient (Wildman–Crippen LogP) is 3.45. The molecule has 0 saturated carbocycles. The second kappa shape index (κ2) is 4.74. The lowest BCUT2D eigenvalue weighted by atomic mass is 9.99. The van der Waals surface area contributed by atoms with Crippen molar-refractivity contribution in [2.75, 3.05) is 0 Å². The van der Waals surface area contributed by atoms with Crippen LogP contribution in [-0.4, -0.2) is 28.1 Å². The van der Waals surface area contributed by atoms with Gasteiger partial charge in [0.25, 0.3) is 0 Å². The fraction of sp³-hybridized carbons (Fsp3) is 0.636. The zero-order valence-electron chi connectivity index (χ0n) is 11.2. The van der Waals surface area contributed by atoms with Crippen LogP contribution in [0.2, 0.25) is 24.7 Å². The summed E-state index contributed by atoms with van der Waals surface area (Å²) >= 11 is 0. The summed E-state index contributed by atoms with van der Waals surface area (Å²) in [5.74, 6) is 0. The highest BCUT2D eigenvalue weighted by Gasteiger charge is 2.52. The van der Waals surface area contributed by atoms with Gasteiger partial charge in [-0.1, -0.05) is 50.9 Å². The van der Waals surface area contributed by atoms with Crippen molar-refractivity contribution in [1.82, 2.24) is 0 Å². The van der Waals surface area contributed by atoms with E-state index in [0.717, 1.165) is 0 Å². The smallest absolute Gasteiger partial charge is 0.255 e. The molecule has 0 aromatic heterocycles. The van der Waals surface area contributed by atoms with E-state index in [-0.39, 0.29) is 0 Å². The standard InChI is InChI=1S/C11H17F3O3SSi/c1-10(19(2,3)4)8-6-5-7-9(10)17-18(15,16)11(12,13)14/h5-9H,1-4H3. The molecule has 1 aliphatic carbocycles. The second-order valence-electron chi connectivity index (χ2n) is 5.69. The van der Waals surface area contributed by atoms with E-state index in [0.29, 0.717) is 0 Å². The number of alkyl halides is 3. The molecule has 0 radical (unpaired) electrons. The Kier molecular flexibility index (Phi) is 4.11. The summed E-state index contributed by atoms with van der Waals surface area (Å²) in [6.45, 7) is 7.59. The average Bonchev–Trinajstić information content (AvgIpc) is 2.18. The zero-order chi connectivity index (χ0) is 15.1. The first-order chi connectivity index (χ1) is 8.31. The average molecular weight is 314 g/mol. The van der Waals surface area contributed by atoms with Crippen LogP contribution >= 0.6 is 0 Å². The molecule has 110 valence electrons. The van der Waals surface area contributed by atoms with Crippen molar-refractivity contribution < 1.29 is 25.8 Å². The lowest BCUT2D eigenvalue weighted by molar-refractivity contribution is -0.0567. The molecule has 2 atom stereocenters.